The fourth-order valence-electron chi connectivity index (χ4n) is 2.31. The first-order valence-electron chi connectivity index (χ1n) is 6.94. The Kier molecular flexibility index (Phi) is 3.92. The van der Waals surface area contributed by atoms with Gasteiger partial charge in [-0.2, -0.15) is 8.42 Å². The number of ether oxygens (including phenoxy) is 1. The van der Waals surface area contributed by atoms with Gasteiger partial charge in [-0.15, -0.1) is 0 Å². The number of fused-ring (bicyclic) bond motifs is 1. The number of methoxy groups -OCH3 is 1. The molecule has 0 atom stereocenters. The van der Waals surface area contributed by atoms with Crippen molar-refractivity contribution in [1.82, 2.24) is 4.98 Å². The molecule has 0 saturated heterocycles. The molecule has 0 aliphatic heterocycles. The third kappa shape index (κ3) is 2.98. The summed E-state index contributed by atoms with van der Waals surface area (Å²) < 4.78 is 35.5. The highest BCUT2D eigenvalue weighted by Gasteiger charge is 2.20. The summed E-state index contributed by atoms with van der Waals surface area (Å²) in [6.07, 6.45) is 1.63. The number of benzene rings is 2. The zero-order valence-corrected chi connectivity index (χ0v) is 13.5. The first-order chi connectivity index (χ1) is 11.0. The second kappa shape index (κ2) is 5.89. The van der Waals surface area contributed by atoms with Crippen LogP contribution >= 0.6 is 0 Å². The zero-order valence-electron chi connectivity index (χ0n) is 12.7. The molecule has 118 valence electrons. The SMILES string of the molecule is COc1ccc(OS(=O)(=O)c2ccc(C)c3ncccc23)cc1. The van der Waals surface area contributed by atoms with Gasteiger partial charge in [0.25, 0.3) is 0 Å². The fourth-order valence-corrected chi connectivity index (χ4v) is 3.43. The van der Waals surface area contributed by atoms with Crippen LogP contribution in [0.4, 0.5) is 0 Å². The molecule has 0 spiro atoms. The Balaban J connectivity index is 2.04. The van der Waals surface area contributed by atoms with Crippen molar-refractivity contribution in [3.8, 4) is 11.5 Å². The highest BCUT2D eigenvalue weighted by molar-refractivity contribution is 7.87. The summed E-state index contributed by atoms with van der Waals surface area (Å²) in [6, 6.07) is 13.1. The lowest BCUT2D eigenvalue weighted by molar-refractivity contribution is 0.413. The molecule has 0 amide bonds. The van der Waals surface area contributed by atoms with E-state index in [1.54, 1.807) is 48.7 Å². The van der Waals surface area contributed by atoms with Gasteiger partial charge in [0.15, 0.2) is 0 Å². The van der Waals surface area contributed by atoms with Crippen LogP contribution in [0.25, 0.3) is 10.9 Å². The molecule has 0 bridgehead atoms. The molecule has 2 aromatic carbocycles. The average Bonchev–Trinajstić information content (AvgIpc) is 2.55. The smallest absolute Gasteiger partial charge is 0.339 e. The highest BCUT2D eigenvalue weighted by Crippen LogP contribution is 2.27. The molecular weight excluding hydrogens is 314 g/mol. The number of nitrogens with zero attached hydrogens (tertiary/aromatic N) is 1. The predicted octanol–water partition coefficient (Wildman–Crippen LogP) is 3.32. The van der Waals surface area contributed by atoms with Crippen LogP contribution in [0.3, 0.4) is 0 Å². The highest BCUT2D eigenvalue weighted by atomic mass is 32.2. The Hall–Kier alpha value is -2.60. The van der Waals surface area contributed by atoms with Crippen molar-refractivity contribution in [3.63, 3.8) is 0 Å². The van der Waals surface area contributed by atoms with E-state index in [1.165, 1.54) is 13.2 Å². The van der Waals surface area contributed by atoms with Crippen molar-refractivity contribution in [3.05, 3.63) is 60.3 Å². The summed E-state index contributed by atoms with van der Waals surface area (Å²) in [5.74, 6) is 0.850. The zero-order chi connectivity index (χ0) is 16.4. The van der Waals surface area contributed by atoms with E-state index < -0.39 is 10.1 Å². The third-order valence-corrected chi connectivity index (χ3v) is 4.77. The Morgan fingerprint density at radius 3 is 2.35 bits per heavy atom. The number of pyridine rings is 1. The lowest BCUT2D eigenvalue weighted by atomic mass is 10.1. The van der Waals surface area contributed by atoms with E-state index in [4.69, 9.17) is 8.92 Å². The molecule has 0 saturated carbocycles. The number of aromatic nitrogens is 1. The molecule has 0 aliphatic rings. The predicted molar refractivity (Wildman–Crippen MR) is 87.3 cm³/mol. The van der Waals surface area contributed by atoms with E-state index in [0.717, 1.165) is 5.56 Å². The molecule has 0 unspecified atom stereocenters. The van der Waals surface area contributed by atoms with Crippen LogP contribution < -0.4 is 8.92 Å². The van der Waals surface area contributed by atoms with Crippen molar-refractivity contribution in [1.29, 1.82) is 0 Å². The molecular formula is C17H15NO4S. The molecule has 0 aliphatic carbocycles. The van der Waals surface area contributed by atoms with Crippen molar-refractivity contribution >= 4 is 21.0 Å². The second-order valence-corrected chi connectivity index (χ2v) is 6.51. The molecule has 0 fully saturated rings. The number of hydrogen-bond donors (Lipinski definition) is 0. The van der Waals surface area contributed by atoms with Crippen LogP contribution in [0.5, 0.6) is 11.5 Å². The first kappa shape index (κ1) is 15.3. The van der Waals surface area contributed by atoms with Crippen LogP contribution in [0.1, 0.15) is 5.56 Å². The lowest BCUT2D eigenvalue weighted by Crippen LogP contribution is -2.10. The largest absolute Gasteiger partial charge is 0.497 e. The van der Waals surface area contributed by atoms with Gasteiger partial charge in [-0.25, -0.2) is 0 Å². The van der Waals surface area contributed by atoms with E-state index in [0.29, 0.717) is 16.7 Å². The molecule has 23 heavy (non-hydrogen) atoms. The maximum Gasteiger partial charge on any atom is 0.339 e. The Morgan fingerprint density at radius 1 is 0.957 bits per heavy atom. The molecule has 0 N–H and O–H groups in total. The molecule has 1 aromatic heterocycles. The van der Waals surface area contributed by atoms with Gasteiger partial charge in [-0.05, 0) is 55.0 Å². The minimum atomic E-state index is -3.96. The number of hydrogen-bond acceptors (Lipinski definition) is 5. The molecule has 5 nitrogen and oxygen atoms in total. The fraction of sp³-hybridized carbons (Fsp3) is 0.118. The third-order valence-electron chi connectivity index (χ3n) is 3.47. The number of rotatable bonds is 4. The number of aryl methyl sites for hydroxylation is 1. The first-order valence-corrected chi connectivity index (χ1v) is 8.35. The van der Waals surface area contributed by atoms with E-state index in [2.05, 4.69) is 4.98 Å². The maximum absolute atomic E-state index is 12.6. The maximum atomic E-state index is 12.6. The van der Waals surface area contributed by atoms with E-state index in [9.17, 15) is 8.42 Å². The van der Waals surface area contributed by atoms with Gasteiger partial charge in [0.2, 0.25) is 0 Å². The van der Waals surface area contributed by atoms with Crippen LogP contribution in [-0.4, -0.2) is 20.5 Å². The van der Waals surface area contributed by atoms with Crippen LogP contribution in [0.15, 0.2) is 59.6 Å². The molecule has 1 heterocycles. The average molecular weight is 329 g/mol. The van der Waals surface area contributed by atoms with Crippen LogP contribution in [0.2, 0.25) is 0 Å². The van der Waals surface area contributed by atoms with Crippen LogP contribution in [0, 0.1) is 6.92 Å². The van der Waals surface area contributed by atoms with Crippen LogP contribution in [-0.2, 0) is 10.1 Å². The van der Waals surface area contributed by atoms with E-state index >= 15 is 0 Å². The van der Waals surface area contributed by atoms with Crippen molar-refractivity contribution in [2.24, 2.45) is 0 Å². The second-order valence-electron chi connectivity index (χ2n) is 4.99. The summed E-state index contributed by atoms with van der Waals surface area (Å²) in [6.45, 7) is 1.88. The van der Waals surface area contributed by atoms with Crippen molar-refractivity contribution in [2.75, 3.05) is 7.11 Å². The minimum absolute atomic E-state index is 0.0991. The van der Waals surface area contributed by atoms with E-state index in [-0.39, 0.29) is 10.6 Å². The van der Waals surface area contributed by atoms with Crippen molar-refractivity contribution in [2.45, 2.75) is 11.8 Å². The van der Waals surface area contributed by atoms with Gasteiger partial charge >= 0.3 is 10.1 Å². The van der Waals surface area contributed by atoms with Gasteiger partial charge in [0, 0.05) is 11.6 Å². The molecule has 3 aromatic rings. The Bertz CT molecular complexity index is 950. The van der Waals surface area contributed by atoms with E-state index in [1.807, 2.05) is 6.92 Å². The Labute approximate surface area is 134 Å². The normalized spacial score (nSPS) is 11.4. The summed E-state index contributed by atoms with van der Waals surface area (Å²) in [5.41, 5.74) is 1.55. The summed E-state index contributed by atoms with van der Waals surface area (Å²) in [7, 11) is -2.42. The van der Waals surface area contributed by atoms with Gasteiger partial charge in [-0.1, -0.05) is 6.07 Å². The topological polar surface area (TPSA) is 65.5 Å². The summed E-state index contributed by atoms with van der Waals surface area (Å²) in [5, 5.41) is 0.543. The van der Waals surface area contributed by atoms with Gasteiger partial charge < -0.3 is 8.92 Å². The van der Waals surface area contributed by atoms with Gasteiger partial charge in [-0.3, -0.25) is 4.98 Å². The monoisotopic (exact) mass is 329 g/mol. The summed E-state index contributed by atoms with van der Waals surface area (Å²) in [4.78, 5) is 4.35. The van der Waals surface area contributed by atoms with Gasteiger partial charge in [0.1, 0.15) is 16.4 Å². The Morgan fingerprint density at radius 2 is 1.65 bits per heavy atom. The summed E-state index contributed by atoms with van der Waals surface area (Å²) >= 11 is 0. The van der Waals surface area contributed by atoms with Crippen molar-refractivity contribution < 1.29 is 17.3 Å². The minimum Gasteiger partial charge on any atom is -0.497 e. The lowest BCUT2D eigenvalue weighted by Gasteiger charge is -2.10. The molecule has 3 rings (SSSR count). The van der Waals surface area contributed by atoms with Gasteiger partial charge in [0.05, 0.1) is 12.6 Å². The standard InChI is InChI=1S/C17H15NO4S/c1-12-5-10-16(15-4-3-11-18-17(12)15)23(19,20)22-14-8-6-13(21-2)7-9-14/h3-11H,1-2H3. The molecule has 6 heteroatoms. The quantitative estimate of drug-likeness (QED) is 0.687. The molecule has 0 radical (unpaired) electrons.